The van der Waals surface area contributed by atoms with E-state index in [1.165, 1.54) is 30.6 Å². The molecule has 230 valence electrons. The number of imide groups is 1. The molecule has 0 spiro atoms. The lowest BCUT2D eigenvalue weighted by atomic mass is 9.92. The first kappa shape index (κ1) is 31.1. The Labute approximate surface area is 258 Å². The molecule has 0 unspecified atom stereocenters. The summed E-state index contributed by atoms with van der Waals surface area (Å²) in [7, 11) is 0. The SMILES string of the molecule is O=C(CN1C(=O)c2ccc([N+](=O)[O-])cc2C1=O)OC[C@@H](Cc1c(Cl)cncc1Cl)c1ccc(OC(F)F)c(OCC2CC2)c1. The number of esters is 1. The second-order valence-corrected chi connectivity index (χ2v) is 11.0. The average molecular weight is 650 g/mol. The molecule has 1 aromatic heterocycles. The number of aromatic nitrogens is 1. The number of benzene rings is 2. The maximum absolute atomic E-state index is 13.1. The van der Waals surface area contributed by atoms with Gasteiger partial charge in [0.2, 0.25) is 0 Å². The van der Waals surface area contributed by atoms with E-state index < -0.39 is 41.8 Å². The molecule has 11 nitrogen and oxygen atoms in total. The Kier molecular flexibility index (Phi) is 9.25. The minimum absolute atomic E-state index is 0.0712. The van der Waals surface area contributed by atoms with E-state index in [9.17, 15) is 33.3 Å². The van der Waals surface area contributed by atoms with E-state index in [4.69, 9.17) is 32.7 Å². The zero-order valence-corrected chi connectivity index (χ0v) is 24.2. The number of pyridine rings is 1. The van der Waals surface area contributed by atoms with Gasteiger partial charge in [-0.3, -0.25) is 34.4 Å². The number of ether oxygens (including phenoxy) is 3. The van der Waals surface area contributed by atoms with Crippen molar-refractivity contribution in [1.29, 1.82) is 0 Å². The van der Waals surface area contributed by atoms with Gasteiger partial charge in [-0.05, 0) is 54.5 Å². The first-order chi connectivity index (χ1) is 21.0. The number of fused-ring (bicyclic) bond motifs is 1. The summed E-state index contributed by atoms with van der Waals surface area (Å²) in [4.78, 5) is 53.5. The van der Waals surface area contributed by atoms with Crippen molar-refractivity contribution >= 4 is 46.7 Å². The number of hydrogen-bond acceptors (Lipinski definition) is 9. The molecular weight excluding hydrogens is 627 g/mol. The fourth-order valence-electron chi connectivity index (χ4n) is 4.63. The lowest BCUT2D eigenvalue weighted by molar-refractivity contribution is -0.384. The first-order valence-electron chi connectivity index (χ1n) is 13.3. The van der Waals surface area contributed by atoms with Gasteiger partial charge in [-0.1, -0.05) is 29.3 Å². The number of carbonyl (C=O) groups excluding carboxylic acids is 3. The molecule has 0 radical (unpaired) electrons. The second-order valence-electron chi connectivity index (χ2n) is 10.2. The van der Waals surface area contributed by atoms with Crippen molar-refractivity contribution in [1.82, 2.24) is 9.88 Å². The van der Waals surface area contributed by atoms with Crippen LogP contribution in [0.1, 0.15) is 50.6 Å². The van der Waals surface area contributed by atoms with E-state index in [0.717, 1.165) is 31.0 Å². The average Bonchev–Trinajstić information content (AvgIpc) is 3.79. The molecule has 0 saturated heterocycles. The van der Waals surface area contributed by atoms with Crippen LogP contribution in [0.15, 0.2) is 48.8 Å². The number of carbonyl (C=O) groups is 3. The summed E-state index contributed by atoms with van der Waals surface area (Å²) in [5.74, 6) is -3.01. The van der Waals surface area contributed by atoms with Gasteiger partial charge in [0.1, 0.15) is 6.54 Å². The van der Waals surface area contributed by atoms with Gasteiger partial charge in [0.15, 0.2) is 11.5 Å². The van der Waals surface area contributed by atoms with Crippen LogP contribution in [0.3, 0.4) is 0 Å². The Hall–Kier alpha value is -4.36. The van der Waals surface area contributed by atoms with Crippen molar-refractivity contribution in [2.45, 2.75) is 31.8 Å². The summed E-state index contributed by atoms with van der Waals surface area (Å²) in [5.41, 5.74) is 0.359. The maximum atomic E-state index is 13.1. The monoisotopic (exact) mass is 649 g/mol. The van der Waals surface area contributed by atoms with E-state index in [1.807, 2.05) is 0 Å². The van der Waals surface area contributed by atoms with Gasteiger partial charge in [0, 0.05) is 30.4 Å². The highest BCUT2D eigenvalue weighted by Gasteiger charge is 2.38. The summed E-state index contributed by atoms with van der Waals surface area (Å²) in [5, 5.41) is 11.6. The van der Waals surface area contributed by atoms with Crippen molar-refractivity contribution in [3.63, 3.8) is 0 Å². The zero-order valence-electron chi connectivity index (χ0n) is 22.7. The Balaban J connectivity index is 1.36. The highest BCUT2D eigenvalue weighted by molar-refractivity contribution is 6.35. The van der Waals surface area contributed by atoms with Crippen LogP contribution in [0.5, 0.6) is 11.5 Å². The number of nitro groups is 1. The van der Waals surface area contributed by atoms with Crippen molar-refractivity contribution in [2.75, 3.05) is 19.8 Å². The Morgan fingerprint density at radius 1 is 1.05 bits per heavy atom. The topological polar surface area (TPSA) is 138 Å². The Bertz CT molecular complexity index is 1620. The van der Waals surface area contributed by atoms with Crippen molar-refractivity contribution in [3.8, 4) is 11.5 Å². The number of non-ortho nitro benzene ring substituents is 1. The molecule has 2 heterocycles. The number of nitro benzene ring substituents is 1. The molecule has 1 fully saturated rings. The summed E-state index contributed by atoms with van der Waals surface area (Å²) < 4.78 is 42.0. The summed E-state index contributed by atoms with van der Waals surface area (Å²) in [6.45, 7) is -3.81. The molecule has 1 aliphatic carbocycles. The third-order valence-corrected chi connectivity index (χ3v) is 7.78. The van der Waals surface area contributed by atoms with Crippen LogP contribution in [0, 0.1) is 16.0 Å². The van der Waals surface area contributed by atoms with Crippen LogP contribution in [0.2, 0.25) is 10.0 Å². The Morgan fingerprint density at radius 3 is 2.41 bits per heavy atom. The largest absolute Gasteiger partial charge is 0.489 e. The van der Waals surface area contributed by atoms with Gasteiger partial charge in [-0.15, -0.1) is 0 Å². The highest BCUT2D eigenvalue weighted by atomic mass is 35.5. The molecule has 2 aromatic carbocycles. The van der Waals surface area contributed by atoms with Crippen molar-refractivity contribution < 1.29 is 42.3 Å². The first-order valence-corrected chi connectivity index (χ1v) is 14.1. The lowest BCUT2D eigenvalue weighted by Gasteiger charge is -2.21. The number of halogens is 4. The molecule has 15 heteroatoms. The van der Waals surface area contributed by atoms with E-state index in [2.05, 4.69) is 9.72 Å². The third-order valence-electron chi connectivity index (χ3n) is 7.13. The molecule has 44 heavy (non-hydrogen) atoms. The second kappa shape index (κ2) is 13.1. The van der Waals surface area contributed by atoms with E-state index in [0.29, 0.717) is 28.6 Å². The van der Waals surface area contributed by atoms with Gasteiger partial charge in [-0.25, -0.2) is 0 Å². The van der Waals surface area contributed by atoms with Gasteiger partial charge < -0.3 is 14.2 Å². The minimum atomic E-state index is -3.08. The number of rotatable bonds is 13. The maximum Gasteiger partial charge on any atom is 0.387 e. The van der Waals surface area contributed by atoms with Crippen LogP contribution in [0.25, 0.3) is 0 Å². The van der Waals surface area contributed by atoms with E-state index in [-0.39, 0.29) is 51.4 Å². The molecule has 1 saturated carbocycles. The van der Waals surface area contributed by atoms with Gasteiger partial charge in [0.05, 0.1) is 39.3 Å². The van der Waals surface area contributed by atoms with Gasteiger partial charge >= 0.3 is 12.6 Å². The number of nitrogens with zero attached hydrogens (tertiary/aromatic N) is 3. The summed E-state index contributed by atoms with van der Waals surface area (Å²) in [6.07, 6.45) is 4.84. The summed E-state index contributed by atoms with van der Waals surface area (Å²) >= 11 is 12.7. The van der Waals surface area contributed by atoms with E-state index in [1.54, 1.807) is 0 Å². The molecule has 1 atom stereocenters. The smallest absolute Gasteiger partial charge is 0.387 e. The fourth-order valence-corrected chi connectivity index (χ4v) is 5.15. The standard InChI is InChI=1S/C29H23Cl2F2N3O8/c30-22-10-34-11-23(31)21(22)7-17(16-3-6-24(44-29(32)33)25(8-16)42-13-15-1-2-15)14-43-26(37)12-35-27(38)19-5-4-18(36(40)41)9-20(19)28(35)39/h3-6,8-11,15,17,29H,1-2,7,12-14H2/t17-/m1/s1. The van der Waals surface area contributed by atoms with Crippen LogP contribution in [-0.2, 0) is 16.0 Å². The predicted molar refractivity (Wildman–Crippen MR) is 151 cm³/mol. The van der Waals surface area contributed by atoms with Gasteiger partial charge in [0.25, 0.3) is 17.5 Å². The van der Waals surface area contributed by atoms with Crippen LogP contribution in [-0.4, -0.2) is 59.0 Å². The van der Waals surface area contributed by atoms with E-state index >= 15 is 0 Å². The van der Waals surface area contributed by atoms with Gasteiger partial charge in [-0.2, -0.15) is 8.78 Å². The third kappa shape index (κ3) is 7.05. The lowest BCUT2D eigenvalue weighted by Crippen LogP contribution is -2.36. The zero-order chi connectivity index (χ0) is 31.5. The molecule has 5 rings (SSSR count). The molecular formula is C29H23Cl2F2N3O8. The normalized spacial score (nSPS) is 14.9. The molecule has 1 aliphatic heterocycles. The molecule has 2 aliphatic rings. The molecule has 0 N–H and O–H groups in total. The number of amides is 2. The molecule has 3 aromatic rings. The predicted octanol–water partition coefficient (Wildman–Crippen LogP) is 5.85. The highest BCUT2D eigenvalue weighted by Crippen LogP contribution is 2.37. The minimum Gasteiger partial charge on any atom is -0.489 e. The molecule has 0 bridgehead atoms. The van der Waals surface area contributed by atoms with Crippen LogP contribution in [0.4, 0.5) is 14.5 Å². The Morgan fingerprint density at radius 2 is 1.75 bits per heavy atom. The van der Waals surface area contributed by atoms with Crippen molar-refractivity contribution in [2.24, 2.45) is 5.92 Å². The summed E-state index contributed by atoms with van der Waals surface area (Å²) in [6, 6.07) is 7.57. The number of hydrogen-bond donors (Lipinski definition) is 0. The van der Waals surface area contributed by atoms with Crippen molar-refractivity contribution in [3.05, 3.63) is 91.2 Å². The van der Waals surface area contributed by atoms with Crippen LogP contribution >= 0.6 is 23.2 Å². The molecule has 2 amide bonds. The quantitative estimate of drug-likeness (QED) is 0.0965. The fraction of sp³-hybridized carbons (Fsp3) is 0.310. The number of alkyl halides is 2. The van der Waals surface area contributed by atoms with Crippen LogP contribution < -0.4 is 9.47 Å².